The van der Waals surface area contributed by atoms with Crippen LogP contribution in [0.25, 0.3) is 0 Å². The van der Waals surface area contributed by atoms with Crippen LogP contribution >= 0.6 is 11.8 Å². The molecule has 0 spiro atoms. The Morgan fingerprint density at radius 3 is 2.38 bits per heavy atom. The summed E-state index contributed by atoms with van der Waals surface area (Å²) in [7, 11) is 0.536. The Bertz CT molecular complexity index is 271. The van der Waals surface area contributed by atoms with Crippen LogP contribution in [0.2, 0.25) is 5.04 Å². The summed E-state index contributed by atoms with van der Waals surface area (Å²) in [5.74, 6) is 0. The smallest absolute Gasteiger partial charge is 0.236 e. The van der Waals surface area contributed by atoms with Crippen LogP contribution in [0.4, 0.5) is 0 Å². The van der Waals surface area contributed by atoms with Gasteiger partial charge in [0.2, 0.25) is 9.76 Å². The summed E-state index contributed by atoms with van der Waals surface area (Å²) in [6.45, 7) is 11.0. The molecule has 1 heterocycles. The molecule has 0 amide bonds. The Hall–Kier alpha value is 0.197. The summed E-state index contributed by atoms with van der Waals surface area (Å²) in [5, 5.41) is 1.53. The topological polar surface area (TPSA) is 21.6 Å². The molecule has 0 aromatic rings. The van der Waals surface area contributed by atoms with E-state index in [-0.39, 0.29) is 10.6 Å². The van der Waals surface area contributed by atoms with Gasteiger partial charge >= 0.3 is 0 Å². The molecule has 2 nitrogen and oxygen atoms in total. The monoisotopic (exact) mass is 257 g/mol. The van der Waals surface area contributed by atoms with E-state index in [0.29, 0.717) is 15.8 Å². The van der Waals surface area contributed by atoms with Crippen LogP contribution in [-0.4, -0.2) is 32.7 Å². The van der Waals surface area contributed by atoms with Crippen LogP contribution in [0.1, 0.15) is 47.5 Å². The van der Waals surface area contributed by atoms with Crippen molar-refractivity contribution in [3.8, 4) is 0 Å². The summed E-state index contributed by atoms with van der Waals surface area (Å²) >= 11 is 1.77. The van der Waals surface area contributed by atoms with Gasteiger partial charge in [-0.1, -0.05) is 20.8 Å². The highest BCUT2D eigenvalue weighted by Crippen LogP contribution is 2.31. The predicted molar refractivity (Wildman–Crippen MR) is 74.6 cm³/mol. The molecular weight excluding hydrogens is 234 g/mol. The quantitative estimate of drug-likeness (QED) is 0.721. The summed E-state index contributed by atoms with van der Waals surface area (Å²) in [6.07, 6.45) is 4.36. The van der Waals surface area contributed by atoms with E-state index in [2.05, 4.69) is 40.9 Å². The first-order valence-electron chi connectivity index (χ1n) is 5.80. The zero-order chi connectivity index (χ0) is 12.4. The number of thioether (sulfide) groups is 1. The normalized spacial score (nSPS) is 22.4. The first kappa shape index (κ1) is 14.3. The minimum atomic E-state index is -0.122. The average Bonchev–Trinajstić information content (AvgIpc) is 2.62. The van der Waals surface area contributed by atoms with Crippen molar-refractivity contribution in [2.24, 2.45) is 4.99 Å². The first-order valence-corrected chi connectivity index (χ1v) is 7.94. The van der Waals surface area contributed by atoms with Crippen LogP contribution in [-0.2, 0) is 4.43 Å². The maximum Gasteiger partial charge on any atom is 0.236 e. The van der Waals surface area contributed by atoms with Gasteiger partial charge in [0.25, 0.3) is 0 Å². The summed E-state index contributed by atoms with van der Waals surface area (Å²) in [4.78, 5) is 4.74. The number of nitrogens with zero attached hydrogens (tertiary/aromatic N) is 1. The summed E-state index contributed by atoms with van der Waals surface area (Å²) in [6, 6.07) is 0.338. The van der Waals surface area contributed by atoms with Gasteiger partial charge in [0.05, 0.1) is 16.7 Å². The highest BCUT2D eigenvalue weighted by atomic mass is 32.2. The zero-order valence-electron chi connectivity index (χ0n) is 11.3. The molecular formula is C12H23NOSSi. The van der Waals surface area contributed by atoms with Crippen LogP contribution in [0.3, 0.4) is 0 Å². The third-order valence-corrected chi connectivity index (χ3v) is 4.61. The van der Waals surface area contributed by atoms with E-state index in [9.17, 15) is 0 Å². The van der Waals surface area contributed by atoms with Gasteiger partial charge in [0.1, 0.15) is 0 Å². The molecule has 92 valence electrons. The van der Waals surface area contributed by atoms with Gasteiger partial charge in [-0.2, -0.15) is 0 Å². The van der Waals surface area contributed by atoms with Gasteiger partial charge < -0.3 is 4.43 Å². The molecule has 4 heteroatoms. The van der Waals surface area contributed by atoms with Crippen molar-refractivity contribution in [2.75, 3.05) is 6.26 Å². The number of aliphatic imine (C=N–C) groups is 1. The number of hydrogen-bond acceptors (Lipinski definition) is 3. The van der Waals surface area contributed by atoms with Crippen molar-refractivity contribution in [1.29, 1.82) is 0 Å². The van der Waals surface area contributed by atoms with Crippen LogP contribution < -0.4 is 0 Å². The molecule has 0 aromatic heterocycles. The van der Waals surface area contributed by atoms with Gasteiger partial charge in [-0.15, -0.1) is 11.8 Å². The standard InChI is InChI=1S/C12H23NOSSi/c1-11(2,3)16-14-12(4,5)9-7-8-10(13-9)15-6/h9H,7-8H2,1-6H3/t9-/m0/s1. The Morgan fingerprint density at radius 1 is 1.31 bits per heavy atom. The van der Waals surface area contributed by atoms with Crippen molar-refractivity contribution >= 4 is 26.6 Å². The molecule has 2 radical (unpaired) electrons. The van der Waals surface area contributed by atoms with E-state index in [1.54, 1.807) is 11.8 Å². The van der Waals surface area contributed by atoms with Crippen molar-refractivity contribution in [3.05, 3.63) is 0 Å². The molecule has 1 aliphatic rings. The van der Waals surface area contributed by atoms with Crippen molar-refractivity contribution in [2.45, 2.75) is 64.1 Å². The van der Waals surface area contributed by atoms with E-state index in [1.165, 1.54) is 5.04 Å². The van der Waals surface area contributed by atoms with Crippen molar-refractivity contribution in [3.63, 3.8) is 0 Å². The predicted octanol–water partition coefficient (Wildman–Crippen LogP) is 3.54. The fourth-order valence-corrected chi connectivity index (χ4v) is 2.83. The minimum Gasteiger partial charge on any atom is -0.410 e. The van der Waals surface area contributed by atoms with Gasteiger partial charge in [0, 0.05) is 0 Å². The summed E-state index contributed by atoms with van der Waals surface area (Å²) < 4.78 is 6.08. The molecule has 1 rings (SSSR count). The second kappa shape index (κ2) is 5.23. The number of rotatable bonds is 3. The lowest BCUT2D eigenvalue weighted by Crippen LogP contribution is -2.39. The van der Waals surface area contributed by atoms with E-state index >= 15 is 0 Å². The van der Waals surface area contributed by atoms with E-state index < -0.39 is 0 Å². The number of hydrogen-bond donors (Lipinski definition) is 0. The Labute approximate surface area is 107 Å². The van der Waals surface area contributed by atoms with E-state index in [0.717, 1.165) is 12.8 Å². The molecule has 0 N–H and O–H groups in total. The van der Waals surface area contributed by atoms with Gasteiger partial charge in [-0.25, -0.2) is 0 Å². The molecule has 0 unspecified atom stereocenters. The maximum absolute atomic E-state index is 6.08. The minimum absolute atomic E-state index is 0.122. The summed E-state index contributed by atoms with van der Waals surface area (Å²) in [5.41, 5.74) is -0.122. The van der Waals surface area contributed by atoms with Gasteiger partial charge in [0.15, 0.2) is 0 Å². The van der Waals surface area contributed by atoms with Gasteiger partial charge in [-0.3, -0.25) is 4.99 Å². The molecule has 1 aliphatic heterocycles. The van der Waals surface area contributed by atoms with Gasteiger partial charge in [-0.05, 0) is 38.0 Å². The van der Waals surface area contributed by atoms with E-state index in [1.807, 2.05) is 0 Å². The lowest BCUT2D eigenvalue weighted by Gasteiger charge is -2.32. The fraction of sp³-hybridized carbons (Fsp3) is 0.917. The Balaban J connectivity index is 2.54. The molecule has 0 aliphatic carbocycles. The molecule has 0 bridgehead atoms. The van der Waals surface area contributed by atoms with Crippen molar-refractivity contribution < 1.29 is 4.43 Å². The average molecular weight is 257 g/mol. The Kier molecular flexibility index (Phi) is 4.66. The third kappa shape index (κ3) is 4.22. The maximum atomic E-state index is 6.08. The lowest BCUT2D eigenvalue weighted by atomic mass is 9.97. The second-order valence-corrected chi connectivity index (χ2v) is 8.63. The molecule has 1 atom stereocenters. The molecule has 0 fully saturated rings. The molecule has 0 aromatic carbocycles. The molecule has 0 saturated heterocycles. The highest BCUT2D eigenvalue weighted by Gasteiger charge is 2.34. The molecule has 0 saturated carbocycles. The first-order chi connectivity index (χ1) is 7.24. The second-order valence-electron chi connectivity index (χ2n) is 5.84. The van der Waals surface area contributed by atoms with Crippen molar-refractivity contribution in [1.82, 2.24) is 0 Å². The SMILES string of the molecule is CSC1=N[C@H](C(C)(C)O[Si]C(C)(C)C)CC1. The van der Waals surface area contributed by atoms with Crippen LogP contribution in [0, 0.1) is 0 Å². The van der Waals surface area contributed by atoms with Crippen LogP contribution in [0.15, 0.2) is 4.99 Å². The zero-order valence-corrected chi connectivity index (χ0v) is 13.1. The van der Waals surface area contributed by atoms with Crippen LogP contribution in [0.5, 0.6) is 0 Å². The largest absolute Gasteiger partial charge is 0.410 e. The third-order valence-electron chi connectivity index (χ3n) is 2.59. The highest BCUT2D eigenvalue weighted by molar-refractivity contribution is 8.13. The fourth-order valence-electron chi connectivity index (χ4n) is 1.57. The Morgan fingerprint density at radius 2 is 1.94 bits per heavy atom. The molecule has 16 heavy (non-hydrogen) atoms. The lowest BCUT2D eigenvalue weighted by molar-refractivity contribution is 0.0813. The van der Waals surface area contributed by atoms with E-state index in [4.69, 9.17) is 9.42 Å².